The van der Waals surface area contributed by atoms with Gasteiger partial charge >= 0.3 is 0 Å². The van der Waals surface area contributed by atoms with Crippen molar-refractivity contribution < 1.29 is 14.1 Å². The maximum atomic E-state index is 13.8. The zero-order valence-electron chi connectivity index (χ0n) is 11.3. The van der Waals surface area contributed by atoms with Crippen LogP contribution in [-0.4, -0.2) is 40.9 Å². The summed E-state index contributed by atoms with van der Waals surface area (Å²) in [6.07, 6.45) is 0. The third-order valence-electron chi connectivity index (χ3n) is 3.24. The Bertz CT molecular complexity index is 540. The van der Waals surface area contributed by atoms with Crippen LogP contribution in [0, 0.1) is 15.9 Å². The average molecular weight is 281 g/mol. The predicted molar refractivity (Wildman–Crippen MR) is 71.0 cm³/mol. The Morgan fingerprint density at radius 1 is 1.40 bits per heavy atom. The van der Waals surface area contributed by atoms with E-state index in [-0.39, 0.29) is 23.3 Å². The molecule has 1 aromatic rings. The molecule has 1 amide bonds. The van der Waals surface area contributed by atoms with Crippen LogP contribution in [0.4, 0.5) is 10.1 Å². The Kier molecular flexibility index (Phi) is 3.99. The first-order valence-corrected chi connectivity index (χ1v) is 6.37. The monoisotopic (exact) mass is 281 g/mol. The molecule has 108 valence electrons. The number of hydrogen-bond donors (Lipinski definition) is 1. The minimum absolute atomic E-state index is 0.128. The Balaban J connectivity index is 2.23. The zero-order chi connectivity index (χ0) is 14.9. The van der Waals surface area contributed by atoms with Gasteiger partial charge in [-0.15, -0.1) is 0 Å². The number of carbonyl (C=O) groups excluding carboxylic acids is 1. The topological polar surface area (TPSA) is 75.5 Å². The molecule has 0 saturated carbocycles. The molecular weight excluding hydrogens is 265 g/mol. The Morgan fingerprint density at radius 3 is 2.50 bits per heavy atom. The molecule has 1 saturated heterocycles. The molecule has 0 spiro atoms. The molecule has 1 aliphatic rings. The largest absolute Gasteiger partial charge is 0.335 e. The van der Waals surface area contributed by atoms with Crippen LogP contribution in [0.1, 0.15) is 24.2 Å². The van der Waals surface area contributed by atoms with E-state index < -0.39 is 16.6 Å². The number of hydrogen-bond acceptors (Lipinski definition) is 4. The second kappa shape index (κ2) is 5.54. The van der Waals surface area contributed by atoms with E-state index in [1.54, 1.807) is 4.90 Å². The van der Waals surface area contributed by atoms with Crippen LogP contribution in [0.3, 0.4) is 0 Å². The van der Waals surface area contributed by atoms with E-state index in [4.69, 9.17) is 0 Å². The number of rotatable bonds is 2. The van der Waals surface area contributed by atoms with Crippen LogP contribution in [0.25, 0.3) is 0 Å². The number of piperazine rings is 1. The highest BCUT2D eigenvalue weighted by Crippen LogP contribution is 2.19. The van der Waals surface area contributed by atoms with Crippen molar-refractivity contribution in [1.82, 2.24) is 10.2 Å². The van der Waals surface area contributed by atoms with Gasteiger partial charge in [0.1, 0.15) is 5.82 Å². The molecule has 1 N–H and O–H groups in total. The summed E-state index contributed by atoms with van der Waals surface area (Å²) in [4.78, 5) is 23.7. The van der Waals surface area contributed by atoms with Gasteiger partial charge in [0.05, 0.1) is 16.6 Å². The summed E-state index contributed by atoms with van der Waals surface area (Å²) in [6.45, 7) is 4.86. The van der Waals surface area contributed by atoms with Gasteiger partial charge in [-0.2, -0.15) is 0 Å². The average Bonchev–Trinajstić information content (AvgIpc) is 2.36. The van der Waals surface area contributed by atoms with Gasteiger partial charge in [-0.3, -0.25) is 14.9 Å². The highest BCUT2D eigenvalue weighted by atomic mass is 19.1. The van der Waals surface area contributed by atoms with Crippen molar-refractivity contribution in [3.63, 3.8) is 0 Å². The van der Waals surface area contributed by atoms with Crippen molar-refractivity contribution in [3.05, 3.63) is 39.7 Å². The number of benzene rings is 1. The highest BCUT2D eigenvalue weighted by molar-refractivity contribution is 5.94. The first-order chi connectivity index (χ1) is 9.38. The molecule has 7 heteroatoms. The van der Waals surface area contributed by atoms with Gasteiger partial charge < -0.3 is 10.2 Å². The Hall–Kier alpha value is -2.02. The van der Waals surface area contributed by atoms with E-state index in [2.05, 4.69) is 5.32 Å². The molecule has 20 heavy (non-hydrogen) atoms. The summed E-state index contributed by atoms with van der Waals surface area (Å²) in [7, 11) is 0. The van der Waals surface area contributed by atoms with E-state index in [0.717, 1.165) is 12.1 Å². The molecule has 2 atom stereocenters. The van der Waals surface area contributed by atoms with Gasteiger partial charge in [0.15, 0.2) is 0 Å². The fourth-order valence-electron chi connectivity index (χ4n) is 2.45. The van der Waals surface area contributed by atoms with Crippen LogP contribution < -0.4 is 5.32 Å². The SMILES string of the molecule is CC1CN(C(=O)c2ccc([N+](=O)[O-])cc2F)CC(C)N1. The van der Waals surface area contributed by atoms with Crippen LogP contribution >= 0.6 is 0 Å². The minimum atomic E-state index is -0.858. The van der Waals surface area contributed by atoms with E-state index >= 15 is 0 Å². The number of amides is 1. The molecule has 1 aliphatic heterocycles. The molecule has 0 bridgehead atoms. The van der Waals surface area contributed by atoms with Crippen LogP contribution in [0.2, 0.25) is 0 Å². The van der Waals surface area contributed by atoms with Gasteiger partial charge in [0.2, 0.25) is 0 Å². The first kappa shape index (κ1) is 14.4. The number of non-ortho nitro benzene ring substituents is 1. The first-order valence-electron chi connectivity index (χ1n) is 6.37. The fraction of sp³-hybridized carbons (Fsp3) is 0.462. The molecule has 2 rings (SSSR count). The van der Waals surface area contributed by atoms with E-state index in [1.807, 2.05) is 13.8 Å². The van der Waals surface area contributed by atoms with Crippen LogP contribution in [-0.2, 0) is 0 Å². The van der Waals surface area contributed by atoms with Crippen LogP contribution in [0.5, 0.6) is 0 Å². The maximum Gasteiger partial charge on any atom is 0.272 e. The lowest BCUT2D eigenvalue weighted by Crippen LogP contribution is -2.55. The van der Waals surface area contributed by atoms with Crippen molar-refractivity contribution >= 4 is 11.6 Å². The minimum Gasteiger partial charge on any atom is -0.335 e. The molecule has 0 aromatic heterocycles. The number of halogens is 1. The van der Waals surface area contributed by atoms with Crippen molar-refractivity contribution in [2.45, 2.75) is 25.9 Å². The lowest BCUT2D eigenvalue weighted by molar-refractivity contribution is -0.385. The van der Waals surface area contributed by atoms with Crippen LogP contribution in [0.15, 0.2) is 18.2 Å². The number of nitro benzene ring substituents is 1. The van der Waals surface area contributed by atoms with Gasteiger partial charge in [-0.1, -0.05) is 0 Å². The summed E-state index contributed by atoms with van der Waals surface area (Å²) >= 11 is 0. The van der Waals surface area contributed by atoms with Crippen molar-refractivity contribution in [2.75, 3.05) is 13.1 Å². The lowest BCUT2D eigenvalue weighted by atomic mass is 10.1. The standard InChI is InChI=1S/C13H16FN3O3/c1-8-6-16(7-9(2)15-8)13(18)11-4-3-10(17(19)20)5-12(11)14/h3-5,8-9,15H,6-7H2,1-2H3. The second-order valence-corrected chi connectivity index (χ2v) is 5.10. The third kappa shape index (κ3) is 2.93. The summed E-state index contributed by atoms with van der Waals surface area (Å²) in [5, 5.41) is 13.8. The molecule has 0 radical (unpaired) electrons. The molecule has 0 aliphatic carbocycles. The maximum absolute atomic E-state index is 13.8. The van der Waals surface area contributed by atoms with E-state index in [9.17, 15) is 19.3 Å². The number of nitro groups is 1. The Labute approximate surface area is 115 Å². The summed E-state index contributed by atoms with van der Waals surface area (Å²) in [6, 6.07) is 3.36. The lowest BCUT2D eigenvalue weighted by Gasteiger charge is -2.36. The quantitative estimate of drug-likeness (QED) is 0.659. The summed E-state index contributed by atoms with van der Waals surface area (Å²) in [5.41, 5.74) is -0.488. The van der Waals surface area contributed by atoms with Crippen molar-refractivity contribution in [3.8, 4) is 0 Å². The molecular formula is C13H16FN3O3. The highest BCUT2D eigenvalue weighted by Gasteiger charge is 2.27. The van der Waals surface area contributed by atoms with E-state index in [0.29, 0.717) is 13.1 Å². The normalized spacial score (nSPS) is 22.6. The third-order valence-corrected chi connectivity index (χ3v) is 3.24. The van der Waals surface area contributed by atoms with Gasteiger partial charge in [-0.05, 0) is 19.9 Å². The molecule has 2 unspecified atom stereocenters. The van der Waals surface area contributed by atoms with Crippen molar-refractivity contribution in [1.29, 1.82) is 0 Å². The Morgan fingerprint density at radius 2 is 2.00 bits per heavy atom. The van der Waals surface area contributed by atoms with E-state index in [1.165, 1.54) is 6.07 Å². The van der Waals surface area contributed by atoms with Gasteiger partial charge in [0.25, 0.3) is 11.6 Å². The summed E-state index contributed by atoms with van der Waals surface area (Å²) < 4.78 is 13.8. The molecule has 1 fully saturated rings. The molecule has 6 nitrogen and oxygen atoms in total. The number of nitrogens with zero attached hydrogens (tertiary/aromatic N) is 2. The second-order valence-electron chi connectivity index (χ2n) is 5.10. The predicted octanol–water partition coefficient (Wildman–Crippen LogP) is 1.56. The molecule has 1 heterocycles. The number of nitrogens with one attached hydrogen (secondary N) is 1. The fourth-order valence-corrected chi connectivity index (χ4v) is 2.45. The smallest absolute Gasteiger partial charge is 0.272 e. The summed E-state index contributed by atoms with van der Waals surface area (Å²) in [5.74, 6) is -1.29. The van der Waals surface area contributed by atoms with Crippen molar-refractivity contribution in [2.24, 2.45) is 0 Å². The number of carbonyl (C=O) groups is 1. The zero-order valence-corrected chi connectivity index (χ0v) is 11.3. The van der Waals surface area contributed by atoms with Gasteiger partial charge in [0, 0.05) is 31.2 Å². The molecule has 1 aromatic carbocycles. The van der Waals surface area contributed by atoms with Gasteiger partial charge in [-0.25, -0.2) is 4.39 Å².